The van der Waals surface area contributed by atoms with Gasteiger partial charge in [0, 0.05) is 0 Å². The molecule has 5 heteroatoms. The van der Waals surface area contributed by atoms with Crippen molar-refractivity contribution in [2.45, 2.75) is 38.4 Å². The van der Waals surface area contributed by atoms with E-state index in [4.69, 9.17) is 4.55 Å². The zero-order valence-corrected chi connectivity index (χ0v) is 8.88. The van der Waals surface area contributed by atoms with Gasteiger partial charge in [-0.3, -0.25) is 4.55 Å². The Hall–Kier alpha value is -0.130. The van der Waals surface area contributed by atoms with E-state index in [1.54, 1.807) is 0 Å². The SMILES string of the molecule is CC(C)CC(CCC[O])S(=O)(=O)O. The Morgan fingerprint density at radius 3 is 2.15 bits per heavy atom. The van der Waals surface area contributed by atoms with Gasteiger partial charge in [0.25, 0.3) is 10.1 Å². The minimum Gasteiger partial charge on any atom is -0.285 e. The lowest BCUT2D eigenvalue weighted by atomic mass is 10.1. The van der Waals surface area contributed by atoms with Crippen molar-refractivity contribution >= 4 is 10.1 Å². The van der Waals surface area contributed by atoms with Gasteiger partial charge in [0.1, 0.15) is 0 Å². The van der Waals surface area contributed by atoms with E-state index < -0.39 is 15.4 Å². The van der Waals surface area contributed by atoms with E-state index in [9.17, 15) is 13.5 Å². The molecule has 4 nitrogen and oxygen atoms in total. The molecule has 1 radical (unpaired) electrons. The van der Waals surface area contributed by atoms with Crippen molar-refractivity contribution in [1.82, 2.24) is 0 Å². The van der Waals surface area contributed by atoms with Crippen LogP contribution in [-0.2, 0) is 15.2 Å². The quantitative estimate of drug-likeness (QED) is 0.673. The largest absolute Gasteiger partial charge is 0.285 e. The molecule has 0 aliphatic rings. The standard InChI is InChI=1S/C8H17O4S/c1-7(2)6-8(4-3-5-9)13(10,11)12/h7-8H,3-6H2,1-2H3,(H,10,11,12). The van der Waals surface area contributed by atoms with Crippen molar-refractivity contribution in [2.24, 2.45) is 5.92 Å². The third kappa shape index (κ3) is 6.01. The van der Waals surface area contributed by atoms with Crippen LogP contribution in [-0.4, -0.2) is 24.8 Å². The van der Waals surface area contributed by atoms with E-state index in [2.05, 4.69) is 0 Å². The molecular weight excluding hydrogens is 192 g/mol. The van der Waals surface area contributed by atoms with Gasteiger partial charge in [0.2, 0.25) is 0 Å². The first-order chi connectivity index (χ1) is 5.88. The Kier molecular flexibility index (Phi) is 5.51. The Labute approximate surface area is 79.7 Å². The molecule has 0 amide bonds. The Balaban J connectivity index is 4.21. The highest BCUT2D eigenvalue weighted by Gasteiger charge is 2.23. The molecule has 0 heterocycles. The second kappa shape index (κ2) is 5.57. The van der Waals surface area contributed by atoms with Gasteiger partial charge in [0.05, 0.1) is 11.9 Å². The fourth-order valence-electron chi connectivity index (χ4n) is 1.23. The van der Waals surface area contributed by atoms with Crippen molar-refractivity contribution in [1.29, 1.82) is 0 Å². The summed E-state index contributed by atoms with van der Waals surface area (Å²) in [7, 11) is -3.97. The maximum Gasteiger partial charge on any atom is 0.267 e. The van der Waals surface area contributed by atoms with Crippen LogP contribution in [0.4, 0.5) is 0 Å². The molecule has 0 saturated carbocycles. The topological polar surface area (TPSA) is 74.3 Å². The Morgan fingerprint density at radius 2 is 1.85 bits per heavy atom. The minimum atomic E-state index is -3.97. The van der Waals surface area contributed by atoms with E-state index >= 15 is 0 Å². The minimum absolute atomic E-state index is 0.207. The lowest BCUT2D eigenvalue weighted by Gasteiger charge is -2.14. The van der Waals surface area contributed by atoms with Crippen LogP contribution in [0.25, 0.3) is 0 Å². The molecule has 1 atom stereocenters. The van der Waals surface area contributed by atoms with Crippen LogP contribution in [0.15, 0.2) is 0 Å². The van der Waals surface area contributed by atoms with Crippen LogP contribution >= 0.6 is 0 Å². The molecule has 0 aromatic rings. The Bertz CT molecular complexity index is 220. The van der Waals surface area contributed by atoms with Gasteiger partial charge < -0.3 is 0 Å². The van der Waals surface area contributed by atoms with E-state index in [0.717, 1.165) is 0 Å². The van der Waals surface area contributed by atoms with Gasteiger partial charge in [0.15, 0.2) is 0 Å². The summed E-state index contributed by atoms with van der Waals surface area (Å²) in [6.07, 6.45) is 0.983. The molecule has 0 aliphatic heterocycles. The summed E-state index contributed by atoms with van der Waals surface area (Å²) in [6.45, 7) is 3.48. The zero-order chi connectivity index (χ0) is 10.5. The van der Waals surface area contributed by atoms with Crippen molar-refractivity contribution in [3.8, 4) is 0 Å². The first-order valence-corrected chi connectivity index (χ1v) is 5.92. The summed E-state index contributed by atoms with van der Waals surface area (Å²) in [4.78, 5) is 0. The molecule has 0 bridgehead atoms. The predicted octanol–water partition coefficient (Wildman–Crippen LogP) is 1.50. The summed E-state index contributed by atoms with van der Waals surface area (Å²) in [5, 5.41) is 9.41. The third-order valence-electron chi connectivity index (χ3n) is 1.83. The molecule has 0 rings (SSSR count). The van der Waals surface area contributed by atoms with Crippen LogP contribution in [0.2, 0.25) is 0 Å². The van der Waals surface area contributed by atoms with Crippen molar-refractivity contribution in [3.05, 3.63) is 0 Å². The molecule has 0 saturated heterocycles. The molecule has 79 valence electrons. The van der Waals surface area contributed by atoms with Gasteiger partial charge in [-0.25, -0.2) is 5.11 Å². The normalized spacial score (nSPS) is 14.8. The summed E-state index contributed by atoms with van der Waals surface area (Å²) in [5.41, 5.74) is 0. The Morgan fingerprint density at radius 1 is 1.31 bits per heavy atom. The van der Waals surface area contributed by atoms with E-state index in [1.165, 1.54) is 0 Å². The summed E-state index contributed by atoms with van der Waals surface area (Å²) in [5.74, 6) is 0.207. The molecule has 0 aliphatic carbocycles. The first kappa shape index (κ1) is 12.9. The van der Waals surface area contributed by atoms with Gasteiger partial charge in [-0.05, 0) is 25.2 Å². The average Bonchev–Trinajstić information content (AvgIpc) is 1.95. The molecule has 0 spiro atoms. The fourth-order valence-corrected chi connectivity index (χ4v) is 2.32. The van der Waals surface area contributed by atoms with Crippen LogP contribution in [0, 0.1) is 5.92 Å². The molecule has 0 fully saturated rings. The van der Waals surface area contributed by atoms with Gasteiger partial charge in [-0.15, -0.1) is 0 Å². The second-order valence-corrected chi connectivity index (χ2v) is 5.31. The van der Waals surface area contributed by atoms with E-state index in [-0.39, 0.29) is 18.9 Å². The highest BCUT2D eigenvalue weighted by atomic mass is 32.2. The number of rotatable bonds is 6. The summed E-state index contributed by atoms with van der Waals surface area (Å²) in [6, 6.07) is 0. The van der Waals surface area contributed by atoms with Crippen LogP contribution in [0.5, 0.6) is 0 Å². The van der Waals surface area contributed by atoms with Crippen molar-refractivity contribution < 1.29 is 18.1 Å². The smallest absolute Gasteiger partial charge is 0.267 e. The molecular formula is C8H17O4S. The monoisotopic (exact) mass is 209 g/mol. The van der Waals surface area contributed by atoms with Gasteiger partial charge in [-0.2, -0.15) is 8.42 Å². The molecule has 13 heavy (non-hydrogen) atoms. The first-order valence-electron chi connectivity index (χ1n) is 4.42. The fraction of sp³-hybridized carbons (Fsp3) is 1.00. The number of hydrogen-bond acceptors (Lipinski definition) is 2. The average molecular weight is 209 g/mol. The molecule has 1 unspecified atom stereocenters. The highest BCUT2D eigenvalue weighted by Crippen LogP contribution is 2.16. The molecule has 1 N–H and O–H groups in total. The maximum atomic E-state index is 10.8. The maximum absolute atomic E-state index is 10.8. The van der Waals surface area contributed by atoms with Gasteiger partial charge in [-0.1, -0.05) is 13.8 Å². The van der Waals surface area contributed by atoms with Crippen molar-refractivity contribution in [2.75, 3.05) is 6.61 Å². The van der Waals surface area contributed by atoms with E-state index in [1.807, 2.05) is 13.8 Å². The van der Waals surface area contributed by atoms with E-state index in [0.29, 0.717) is 12.8 Å². The van der Waals surface area contributed by atoms with Crippen molar-refractivity contribution in [3.63, 3.8) is 0 Å². The molecule has 0 aromatic heterocycles. The lowest BCUT2D eigenvalue weighted by Crippen LogP contribution is -2.22. The summed E-state index contributed by atoms with van der Waals surface area (Å²) < 4.78 is 30.5. The van der Waals surface area contributed by atoms with Crippen LogP contribution in [0.1, 0.15) is 33.1 Å². The second-order valence-electron chi connectivity index (χ2n) is 3.61. The summed E-state index contributed by atoms with van der Waals surface area (Å²) >= 11 is 0. The number of hydrogen-bond donors (Lipinski definition) is 1. The third-order valence-corrected chi connectivity index (χ3v) is 3.10. The van der Waals surface area contributed by atoms with Gasteiger partial charge >= 0.3 is 0 Å². The lowest BCUT2D eigenvalue weighted by molar-refractivity contribution is 0.185. The van der Waals surface area contributed by atoms with Crippen LogP contribution in [0.3, 0.4) is 0 Å². The predicted molar refractivity (Wildman–Crippen MR) is 49.6 cm³/mol. The van der Waals surface area contributed by atoms with Crippen LogP contribution < -0.4 is 0 Å². The zero-order valence-electron chi connectivity index (χ0n) is 8.06. The molecule has 0 aromatic carbocycles. The highest BCUT2D eigenvalue weighted by molar-refractivity contribution is 7.86.